The summed E-state index contributed by atoms with van der Waals surface area (Å²) in [4.78, 5) is 0. The van der Waals surface area contributed by atoms with Gasteiger partial charge in [0.05, 0.1) is 13.7 Å². The number of methoxy groups -OCH3 is 1. The summed E-state index contributed by atoms with van der Waals surface area (Å²) in [6.45, 7) is 1.90. The van der Waals surface area contributed by atoms with Crippen molar-refractivity contribution in [3.05, 3.63) is 29.3 Å². The fourth-order valence-corrected chi connectivity index (χ4v) is 1.27. The van der Waals surface area contributed by atoms with Crippen LogP contribution in [0.4, 0.5) is 0 Å². The van der Waals surface area contributed by atoms with Crippen LogP contribution >= 0.6 is 0 Å². The van der Waals surface area contributed by atoms with E-state index < -0.39 is 0 Å². The van der Waals surface area contributed by atoms with Gasteiger partial charge in [-0.25, -0.2) is 0 Å². The van der Waals surface area contributed by atoms with Gasteiger partial charge in [0.15, 0.2) is 0 Å². The van der Waals surface area contributed by atoms with Crippen molar-refractivity contribution >= 4 is 0 Å². The van der Waals surface area contributed by atoms with Gasteiger partial charge >= 0.3 is 0 Å². The summed E-state index contributed by atoms with van der Waals surface area (Å²) in [6.07, 6.45) is 0. The van der Waals surface area contributed by atoms with Crippen molar-refractivity contribution in [3.8, 4) is 5.75 Å². The minimum Gasteiger partial charge on any atom is -0.497 e. The van der Waals surface area contributed by atoms with E-state index in [4.69, 9.17) is 15.6 Å². The monoisotopic (exact) mass is 181 g/mol. The first-order valence-corrected chi connectivity index (χ1v) is 4.22. The molecule has 0 unspecified atom stereocenters. The van der Waals surface area contributed by atoms with Crippen LogP contribution in [0.5, 0.6) is 5.75 Å². The molecule has 1 aromatic rings. The molecule has 0 heterocycles. The van der Waals surface area contributed by atoms with Crippen LogP contribution in [0.1, 0.15) is 24.1 Å². The Balaban J connectivity index is 3.10. The van der Waals surface area contributed by atoms with Gasteiger partial charge in [-0.3, -0.25) is 0 Å². The normalized spacial score (nSPS) is 12.6. The zero-order chi connectivity index (χ0) is 9.84. The third kappa shape index (κ3) is 2.20. The van der Waals surface area contributed by atoms with Crippen LogP contribution < -0.4 is 10.5 Å². The molecule has 1 atom stereocenters. The molecule has 0 saturated heterocycles. The molecule has 1 aromatic carbocycles. The maximum absolute atomic E-state index is 9.03. The lowest BCUT2D eigenvalue weighted by Crippen LogP contribution is -2.08. The van der Waals surface area contributed by atoms with Crippen LogP contribution in [-0.4, -0.2) is 12.2 Å². The summed E-state index contributed by atoms with van der Waals surface area (Å²) < 4.78 is 5.07. The van der Waals surface area contributed by atoms with Crippen LogP contribution in [0.25, 0.3) is 0 Å². The number of benzene rings is 1. The highest BCUT2D eigenvalue weighted by molar-refractivity contribution is 5.36. The number of nitrogens with two attached hydrogens (primary N) is 1. The highest BCUT2D eigenvalue weighted by Crippen LogP contribution is 2.22. The van der Waals surface area contributed by atoms with Crippen LogP contribution in [0, 0.1) is 0 Å². The summed E-state index contributed by atoms with van der Waals surface area (Å²) >= 11 is 0. The Hall–Kier alpha value is -1.06. The van der Waals surface area contributed by atoms with E-state index in [1.807, 2.05) is 25.1 Å². The molecule has 0 fully saturated rings. The lowest BCUT2D eigenvalue weighted by atomic mass is 10.0. The highest BCUT2D eigenvalue weighted by Gasteiger charge is 2.07. The molecule has 72 valence electrons. The third-order valence-electron chi connectivity index (χ3n) is 2.01. The number of hydrogen-bond donors (Lipinski definition) is 2. The standard InChI is InChI=1S/C10H15NO2/c1-7(11)10-5-9(13-2)4-3-8(10)6-12/h3-5,7,12H,6,11H2,1-2H3/t7-/m1/s1. The quantitative estimate of drug-likeness (QED) is 0.736. The zero-order valence-electron chi connectivity index (χ0n) is 7.95. The van der Waals surface area contributed by atoms with Crippen molar-refractivity contribution in [3.63, 3.8) is 0 Å². The van der Waals surface area contributed by atoms with E-state index in [0.29, 0.717) is 0 Å². The van der Waals surface area contributed by atoms with Crippen LogP contribution in [-0.2, 0) is 6.61 Å². The van der Waals surface area contributed by atoms with Gasteiger partial charge in [-0.2, -0.15) is 0 Å². The van der Waals surface area contributed by atoms with Gasteiger partial charge in [-0.15, -0.1) is 0 Å². The van der Waals surface area contributed by atoms with Crippen LogP contribution in [0.2, 0.25) is 0 Å². The van der Waals surface area contributed by atoms with E-state index in [1.54, 1.807) is 7.11 Å². The number of hydrogen-bond acceptors (Lipinski definition) is 3. The second-order valence-electron chi connectivity index (χ2n) is 3.01. The van der Waals surface area contributed by atoms with Crippen LogP contribution in [0.15, 0.2) is 18.2 Å². The van der Waals surface area contributed by atoms with E-state index in [9.17, 15) is 0 Å². The Morgan fingerprint density at radius 1 is 1.54 bits per heavy atom. The SMILES string of the molecule is COc1ccc(CO)c([C@@H](C)N)c1. The maximum atomic E-state index is 9.03. The molecule has 0 radical (unpaired) electrons. The molecule has 3 nitrogen and oxygen atoms in total. The van der Waals surface area contributed by atoms with Gasteiger partial charge < -0.3 is 15.6 Å². The molecule has 0 saturated carbocycles. The number of rotatable bonds is 3. The van der Waals surface area contributed by atoms with Crippen molar-refractivity contribution in [1.29, 1.82) is 0 Å². The smallest absolute Gasteiger partial charge is 0.119 e. The van der Waals surface area contributed by atoms with E-state index in [2.05, 4.69) is 0 Å². The van der Waals surface area contributed by atoms with E-state index in [0.717, 1.165) is 16.9 Å². The average molecular weight is 181 g/mol. The zero-order valence-corrected chi connectivity index (χ0v) is 7.95. The summed E-state index contributed by atoms with van der Waals surface area (Å²) in [5.74, 6) is 0.768. The predicted octanol–water partition coefficient (Wildman–Crippen LogP) is 1.21. The minimum absolute atomic E-state index is 0.0147. The van der Waals surface area contributed by atoms with Crippen molar-refractivity contribution in [1.82, 2.24) is 0 Å². The molecule has 0 amide bonds. The second-order valence-corrected chi connectivity index (χ2v) is 3.01. The van der Waals surface area contributed by atoms with Crippen LogP contribution in [0.3, 0.4) is 0 Å². The molecule has 0 aromatic heterocycles. The topological polar surface area (TPSA) is 55.5 Å². The Kier molecular flexibility index (Phi) is 3.28. The summed E-state index contributed by atoms with van der Waals surface area (Å²) in [6, 6.07) is 5.42. The molecule has 0 aliphatic rings. The molecule has 1 rings (SSSR count). The minimum atomic E-state index is -0.0859. The summed E-state index contributed by atoms with van der Waals surface area (Å²) in [5, 5.41) is 9.03. The maximum Gasteiger partial charge on any atom is 0.119 e. The first-order chi connectivity index (χ1) is 6.19. The number of ether oxygens (including phenoxy) is 1. The first-order valence-electron chi connectivity index (χ1n) is 4.22. The number of aliphatic hydroxyl groups is 1. The Morgan fingerprint density at radius 2 is 2.23 bits per heavy atom. The van der Waals surface area contributed by atoms with E-state index in [1.165, 1.54) is 0 Å². The molecule has 0 spiro atoms. The molecule has 0 bridgehead atoms. The first kappa shape index (κ1) is 10.0. The van der Waals surface area contributed by atoms with Gasteiger partial charge in [0, 0.05) is 6.04 Å². The van der Waals surface area contributed by atoms with Gasteiger partial charge in [-0.1, -0.05) is 6.07 Å². The second kappa shape index (κ2) is 4.25. The molecular formula is C10H15NO2. The van der Waals surface area contributed by atoms with E-state index in [-0.39, 0.29) is 12.6 Å². The molecule has 0 aliphatic heterocycles. The van der Waals surface area contributed by atoms with Crippen molar-refractivity contribution in [2.75, 3.05) is 7.11 Å². The van der Waals surface area contributed by atoms with Gasteiger partial charge in [0.25, 0.3) is 0 Å². The number of aliphatic hydroxyl groups excluding tert-OH is 1. The van der Waals surface area contributed by atoms with Crippen molar-refractivity contribution in [2.24, 2.45) is 5.73 Å². The van der Waals surface area contributed by atoms with Crippen molar-refractivity contribution < 1.29 is 9.84 Å². The summed E-state index contributed by atoms with van der Waals surface area (Å²) in [7, 11) is 1.61. The fraction of sp³-hybridized carbons (Fsp3) is 0.400. The molecule has 13 heavy (non-hydrogen) atoms. The fourth-order valence-electron chi connectivity index (χ4n) is 1.27. The lowest BCUT2D eigenvalue weighted by Gasteiger charge is -2.12. The molecular weight excluding hydrogens is 166 g/mol. The highest BCUT2D eigenvalue weighted by atomic mass is 16.5. The summed E-state index contributed by atoms with van der Waals surface area (Å²) in [5.41, 5.74) is 7.54. The largest absolute Gasteiger partial charge is 0.497 e. The lowest BCUT2D eigenvalue weighted by molar-refractivity contribution is 0.279. The molecule has 3 heteroatoms. The van der Waals surface area contributed by atoms with E-state index >= 15 is 0 Å². The molecule has 3 N–H and O–H groups in total. The van der Waals surface area contributed by atoms with Gasteiger partial charge in [0.1, 0.15) is 5.75 Å². The Labute approximate surface area is 78.1 Å². The van der Waals surface area contributed by atoms with Gasteiger partial charge in [-0.05, 0) is 30.2 Å². The Bertz CT molecular complexity index is 284. The third-order valence-corrected chi connectivity index (χ3v) is 2.01. The van der Waals surface area contributed by atoms with Gasteiger partial charge in [0.2, 0.25) is 0 Å². The predicted molar refractivity (Wildman–Crippen MR) is 51.5 cm³/mol. The Morgan fingerprint density at radius 3 is 2.69 bits per heavy atom. The average Bonchev–Trinajstić information content (AvgIpc) is 2.16. The molecule has 0 aliphatic carbocycles. The van der Waals surface area contributed by atoms with Crippen molar-refractivity contribution in [2.45, 2.75) is 19.6 Å².